The summed E-state index contributed by atoms with van der Waals surface area (Å²) in [6.07, 6.45) is -3.84. The summed E-state index contributed by atoms with van der Waals surface area (Å²) >= 11 is 0. The summed E-state index contributed by atoms with van der Waals surface area (Å²) in [5.74, 6) is -1.79. The molecule has 0 saturated heterocycles. The van der Waals surface area contributed by atoms with Crippen molar-refractivity contribution < 1.29 is 27.2 Å². The molecule has 1 aliphatic rings. The first-order valence-electron chi connectivity index (χ1n) is 11.7. The molecule has 0 spiro atoms. The SMILES string of the molecule is CCCn1nc(C)c2c1N(CC)C(=O)[C@@H](NC(=O)c1cccc(C(F)(F)F)c1)[C@H]2c1ccc(F)cc1. The Hall–Kier alpha value is -3.69. The van der Waals surface area contributed by atoms with E-state index in [2.05, 4.69) is 10.4 Å². The smallest absolute Gasteiger partial charge is 0.339 e. The van der Waals surface area contributed by atoms with Gasteiger partial charge in [-0.25, -0.2) is 9.07 Å². The van der Waals surface area contributed by atoms with E-state index in [1.165, 1.54) is 23.1 Å². The number of hydrogen-bond donors (Lipinski definition) is 1. The van der Waals surface area contributed by atoms with Crippen LogP contribution in [0.1, 0.15) is 58.9 Å². The summed E-state index contributed by atoms with van der Waals surface area (Å²) in [5.41, 5.74) is 0.759. The number of nitrogens with zero attached hydrogens (tertiary/aromatic N) is 3. The van der Waals surface area contributed by atoms with Crippen molar-refractivity contribution in [2.45, 2.75) is 51.9 Å². The molecule has 10 heteroatoms. The number of anilines is 1. The molecule has 2 atom stereocenters. The molecule has 0 aliphatic carbocycles. The van der Waals surface area contributed by atoms with Crippen LogP contribution in [0.25, 0.3) is 0 Å². The Kier molecular flexibility index (Phi) is 6.88. The van der Waals surface area contributed by atoms with Crippen LogP contribution in [0.4, 0.5) is 23.4 Å². The van der Waals surface area contributed by atoms with Gasteiger partial charge in [0.05, 0.1) is 11.3 Å². The van der Waals surface area contributed by atoms with Crippen LogP contribution in [-0.2, 0) is 17.5 Å². The Morgan fingerprint density at radius 1 is 1.11 bits per heavy atom. The largest absolute Gasteiger partial charge is 0.416 e. The summed E-state index contributed by atoms with van der Waals surface area (Å²) in [4.78, 5) is 28.4. The third-order valence-corrected chi connectivity index (χ3v) is 6.30. The van der Waals surface area contributed by atoms with Crippen molar-refractivity contribution in [2.75, 3.05) is 11.4 Å². The van der Waals surface area contributed by atoms with E-state index in [4.69, 9.17) is 0 Å². The number of fused-ring (bicyclic) bond motifs is 1. The van der Waals surface area contributed by atoms with Gasteiger partial charge in [-0.15, -0.1) is 0 Å². The van der Waals surface area contributed by atoms with Crippen molar-refractivity contribution in [3.05, 3.63) is 82.3 Å². The first-order chi connectivity index (χ1) is 17.1. The van der Waals surface area contributed by atoms with E-state index in [-0.39, 0.29) is 5.56 Å². The first kappa shape index (κ1) is 25.4. The highest BCUT2D eigenvalue weighted by molar-refractivity contribution is 6.05. The fraction of sp³-hybridized carbons (Fsp3) is 0.346. The maximum absolute atomic E-state index is 13.7. The topological polar surface area (TPSA) is 67.2 Å². The highest BCUT2D eigenvalue weighted by atomic mass is 19.4. The quantitative estimate of drug-likeness (QED) is 0.480. The lowest BCUT2D eigenvalue weighted by Gasteiger charge is -2.38. The van der Waals surface area contributed by atoms with Gasteiger partial charge in [-0.3, -0.25) is 14.5 Å². The summed E-state index contributed by atoms with van der Waals surface area (Å²) in [6.45, 7) is 6.45. The predicted molar refractivity (Wildman–Crippen MR) is 126 cm³/mol. The number of amides is 2. The molecule has 190 valence electrons. The zero-order chi connectivity index (χ0) is 26.2. The highest BCUT2D eigenvalue weighted by Gasteiger charge is 2.45. The van der Waals surface area contributed by atoms with Crippen LogP contribution in [0.3, 0.4) is 0 Å². The Balaban J connectivity index is 1.83. The Bertz CT molecular complexity index is 1280. The molecule has 0 saturated carbocycles. The fourth-order valence-electron chi connectivity index (χ4n) is 4.72. The average molecular weight is 503 g/mol. The van der Waals surface area contributed by atoms with Crippen LogP contribution < -0.4 is 10.2 Å². The van der Waals surface area contributed by atoms with E-state index in [0.717, 1.165) is 24.6 Å². The summed E-state index contributed by atoms with van der Waals surface area (Å²) in [7, 11) is 0. The predicted octanol–water partition coefficient (Wildman–Crippen LogP) is 5.06. The van der Waals surface area contributed by atoms with Crippen LogP contribution in [0.5, 0.6) is 0 Å². The number of alkyl halides is 3. The van der Waals surface area contributed by atoms with Gasteiger partial charge in [-0.05, 0) is 56.2 Å². The van der Waals surface area contributed by atoms with Gasteiger partial charge in [0.25, 0.3) is 11.8 Å². The monoisotopic (exact) mass is 502 g/mol. The second-order valence-electron chi connectivity index (χ2n) is 8.69. The molecular formula is C26H26F4N4O2. The van der Waals surface area contributed by atoms with Gasteiger partial charge in [-0.2, -0.15) is 18.3 Å². The summed E-state index contributed by atoms with van der Waals surface area (Å²) < 4.78 is 55.1. The molecule has 6 nitrogen and oxygen atoms in total. The number of rotatable bonds is 6. The minimum Gasteiger partial charge on any atom is -0.339 e. The minimum atomic E-state index is -4.62. The lowest BCUT2D eigenvalue weighted by molar-refractivity contribution is -0.137. The zero-order valence-corrected chi connectivity index (χ0v) is 20.1. The number of nitrogens with one attached hydrogen (secondary N) is 1. The van der Waals surface area contributed by atoms with E-state index in [0.29, 0.717) is 35.7 Å². The number of halogens is 4. The van der Waals surface area contributed by atoms with E-state index in [1.54, 1.807) is 30.7 Å². The van der Waals surface area contributed by atoms with E-state index in [9.17, 15) is 27.2 Å². The maximum Gasteiger partial charge on any atom is 0.416 e. The van der Waals surface area contributed by atoms with Crippen LogP contribution >= 0.6 is 0 Å². The summed E-state index contributed by atoms with van der Waals surface area (Å²) in [6, 6.07) is 8.52. The molecule has 0 radical (unpaired) electrons. The first-order valence-corrected chi connectivity index (χ1v) is 11.7. The second kappa shape index (κ2) is 9.75. The number of likely N-dealkylation sites (N-methyl/N-ethyl adjacent to an activating group) is 1. The van der Waals surface area contributed by atoms with E-state index < -0.39 is 41.3 Å². The molecule has 1 N–H and O–H groups in total. The number of carbonyl (C=O) groups is 2. The van der Waals surface area contributed by atoms with Gasteiger partial charge < -0.3 is 5.32 Å². The van der Waals surface area contributed by atoms with Gasteiger partial charge >= 0.3 is 6.18 Å². The average Bonchev–Trinajstić information content (AvgIpc) is 3.15. The van der Waals surface area contributed by atoms with Crippen molar-refractivity contribution in [3.63, 3.8) is 0 Å². The Morgan fingerprint density at radius 3 is 2.42 bits per heavy atom. The zero-order valence-electron chi connectivity index (χ0n) is 20.1. The minimum absolute atomic E-state index is 0.220. The molecular weight excluding hydrogens is 476 g/mol. The second-order valence-corrected chi connectivity index (χ2v) is 8.69. The van der Waals surface area contributed by atoms with Gasteiger partial charge in [0, 0.05) is 30.1 Å². The molecule has 0 bridgehead atoms. The van der Waals surface area contributed by atoms with Crippen LogP contribution in [0, 0.1) is 12.7 Å². The Morgan fingerprint density at radius 2 is 1.81 bits per heavy atom. The van der Waals surface area contributed by atoms with Gasteiger partial charge in [-0.1, -0.05) is 25.1 Å². The molecule has 4 rings (SSSR count). The van der Waals surface area contributed by atoms with Crippen molar-refractivity contribution in [2.24, 2.45) is 0 Å². The lowest BCUT2D eigenvalue weighted by atomic mass is 9.81. The number of carbonyl (C=O) groups excluding carboxylic acids is 2. The third-order valence-electron chi connectivity index (χ3n) is 6.30. The molecule has 2 heterocycles. The molecule has 2 aromatic carbocycles. The van der Waals surface area contributed by atoms with Crippen molar-refractivity contribution >= 4 is 17.6 Å². The third kappa shape index (κ3) is 4.59. The summed E-state index contributed by atoms with van der Waals surface area (Å²) in [5, 5.41) is 7.30. The molecule has 2 amide bonds. The maximum atomic E-state index is 13.7. The van der Waals surface area contributed by atoms with Gasteiger partial charge in [0.1, 0.15) is 17.7 Å². The molecule has 3 aromatic rings. The number of aromatic nitrogens is 2. The number of aryl methyl sites for hydroxylation is 2. The van der Waals surface area contributed by atoms with Crippen molar-refractivity contribution in [3.8, 4) is 0 Å². The molecule has 0 unspecified atom stereocenters. The fourth-order valence-corrected chi connectivity index (χ4v) is 4.72. The standard InChI is InChI=1S/C26H26F4N4O2/c1-4-13-34-24-20(15(3)32-34)21(16-9-11-19(27)12-10-16)22(25(36)33(24)5-2)31-23(35)17-7-6-8-18(14-17)26(28,29)30/h6-12,14,21-22H,4-5,13H2,1-3H3,(H,31,35)/t21-,22-/m0/s1. The van der Waals surface area contributed by atoms with Crippen LogP contribution in [0.2, 0.25) is 0 Å². The normalized spacial score (nSPS) is 17.8. The molecule has 36 heavy (non-hydrogen) atoms. The Labute approximate surface area is 205 Å². The van der Waals surface area contributed by atoms with Crippen molar-refractivity contribution in [1.29, 1.82) is 0 Å². The molecule has 1 aromatic heterocycles. The molecule has 1 aliphatic heterocycles. The van der Waals surface area contributed by atoms with E-state index in [1.807, 2.05) is 6.92 Å². The number of benzene rings is 2. The van der Waals surface area contributed by atoms with Crippen LogP contribution in [-0.4, -0.2) is 34.2 Å². The lowest BCUT2D eigenvalue weighted by Crippen LogP contribution is -2.55. The van der Waals surface area contributed by atoms with E-state index >= 15 is 0 Å². The van der Waals surface area contributed by atoms with Crippen molar-refractivity contribution in [1.82, 2.24) is 15.1 Å². The van der Waals surface area contributed by atoms with Gasteiger partial charge in [0.15, 0.2) is 0 Å². The van der Waals surface area contributed by atoms with Gasteiger partial charge in [0.2, 0.25) is 0 Å². The number of hydrogen-bond acceptors (Lipinski definition) is 3. The van der Waals surface area contributed by atoms with Crippen LogP contribution in [0.15, 0.2) is 48.5 Å². The molecule has 0 fully saturated rings. The highest BCUT2D eigenvalue weighted by Crippen LogP contribution is 2.42.